The maximum absolute atomic E-state index is 5.48. The summed E-state index contributed by atoms with van der Waals surface area (Å²) in [6, 6.07) is -0.173. The van der Waals surface area contributed by atoms with Crippen LogP contribution in [0.25, 0.3) is 0 Å². The number of aromatic nitrogens is 2. The van der Waals surface area contributed by atoms with Crippen molar-refractivity contribution >= 4 is 11.8 Å². The molecule has 0 amide bonds. The highest BCUT2D eigenvalue weighted by atomic mass is 32.2. The first kappa shape index (κ1) is 7.56. The van der Waals surface area contributed by atoms with E-state index in [0.717, 1.165) is 0 Å². The van der Waals surface area contributed by atoms with E-state index in [4.69, 9.17) is 10.2 Å². The van der Waals surface area contributed by atoms with Gasteiger partial charge in [-0.05, 0) is 13.2 Å². The minimum Gasteiger partial charge on any atom is -0.414 e. The lowest BCUT2D eigenvalue weighted by molar-refractivity contribution is 0.394. The van der Waals surface area contributed by atoms with Gasteiger partial charge in [-0.2, -0.15) is 0 Å². The molecule has 1 atom stereocenters. The lowest BCUT2D eigenvalue weighted by Gasteiger charge is -1.93. The van der Waals surface area contributed by atoms with Gasteiger partial charge in [0, 0.05) is 0 Å². The highest BCUT2D eigenvalue weighted by Gasteiger charge is 2.07. The van der Waals surface area contributed by atoms with Crippen LogP contribution in [0.5, 0.6) is 0 Å². The van der Waals surface area contributed by atoms with Crippen LogP contribution in [0, 0.1) is 0 Å². The van der Waals surface area contributed by atoms with E-state index in [1.54, 1.807) is 6.92 Å². The number of hydrogen-bond acceptors (Lipinski definition) is 5. The molecule has 0 aromatic carbocycles. The molecule has 1 aromatic heterocycles. The predicted octanol–water partition coefficient (Wildman–Crippen LogP) is 0.811. The summed E-state index contributed by atoms with van der Waals surface area (Å²) in [6.07, 6.45) is 1.87. The number of nitrogens with two attached hydrogens (primary N) is 1. The maximum atomic E-state index is 5.48. The highest BCUT2D eigenvalue weighted by molar-refractivity contribution is 7.98. The van der Waals surface area contributed by atoms with E-state index in [-0.39, 0.29) is 6.04 Å². The molecule has 0 aliphatic rings. The van der Waals surface area contributed by atoms with Crippen LogP contribution in [0.15, 0.2) is 9.64 Å². The minimum atomic E-state index is -0.173. The van der Waals surface area contributed by atoms with E-state index in [2.05, 4.69) is 10.2 Å². The molecule has 0 spiro atoms. The zero-order valence-electron chi connectivity index (χ0n) is 5.87. The van der Waals surface area contributed by atoms with Gasteiger partial charge in [-0.3, -0.25) is 0 Å². The van der Waals surface area contributed by atoms with Crippen LogP contribution in [0.4, 0.5) is 0 Å². The summed E-state index contributed by atoms with van der Waals surface area (Å²) in [4.78, 5) is 0. The second-order valence-electron chi connectivity index (χ2n) is 1.90. The zero-order chi connectivity index (χ0) is 7.56. The first-order valence-electron chi connectivity index (χ1n) is 2.87. The van der Waals surface area contributed by atoms with E-state index in [0.29, 0.717) is 11.1 Å². The molecule has 56 valence electrons. The average Bonchev–Trinajstić information content (AvgIpc) is 2.34. The third kappa shape index (κ3) is 1.48. The van der Waals surface area contributed by atoms with Crippen LogP contribution < -0.4 is 5.73 Å². The summed E-state index contributed by atoms with van der Waals surface area (Å²) in [7, 11) is 0. The number of nitrogens with zero attached hydrogens (tertiary/aromatic N) is 2. The smallest absolute Gasteiger partial charge is 0.276 e. The van der Waals surface area contributed by atoms with Gasteiger partial charge in [0.15, 0.2) is 0 Å². The molecular weight excluding hydrogens is 150 g/mol. The van der Waals surface area contributed by atoms with Gasteiger partial charge in [0.05, 0.1) is 6.04 Å². The summed E-state index contributed by atoms with van der Waals surface area (Å²) >= 11 is 1.41. The molecule has 0 bridgehead atoms. The molecule has 1 unspecified atom stereocenters. The van der Waals surface area contributed by atoms with Crippen molar-refractivity contribution in [3.8, 4) is 0 Å². The maximum Gasteiger partial charge on any atom is 0.276 e. The Hall–Kier alpha value is -0.550. The van der Waals surface area contributed by atoms with Gasteiger partial charge in [-0.1, -0.05) is 11.8 Å². The Kier molecular flexibility index (Phi) is 2.29. The summed E-state index contributed by atoms with van der Waals surface area (Å²) < 4.78 is 5.11. The third-order valence-corrected chi connectivity index (χ3v) is 1.50. The standard InChI is InChI=1S/C5H9N3OS/c1-3(6)4-7-8-5(9-4)10-2/h3H,6H2,1-2H3. The highest BCUT2D eigenvalue weighted by Crippen LogP contribution is 2.14. The Labute approximate surface area is 63.2 Å². The Bertz CT molecular complexity index is 210. The van der Waals surface area contributed by atoms with Crippen LogP contribution in [-0.2, 0) is 0 Å². The van der Waals surface area contributed by atoms with Crippen molar-refractivity contribution in [1.29, 1.82) is 0 Å². The summed E-state index contributed by atoms with van der Waals surface area (Å²) in [5.41, 5.74) is 5.48. The van der Waals surface area contributed by atoms with E-state index in [9.17, 15) is 0 Å². The fraction of sp³-hybridized carbons (Fsp3) is 0.600. The molecule has 1 rings (SSSR count). The van der Waals surface area contributed by atoms with Crippen molar-refractivity contribution in [3.05, 3.63) is 5.89 Å². The second kappa shape index (κ2) is 3.03. The molecule has 0 aliphatic heterocycles. The first-order chi connectivity index (χ1) is 4.74. The van der Waals surface area contributed by atoms with Gasteiger partial charge >= 0.3 is 0 Å². The van der Waals surface area contributed by atoms with Crippen LogP contribution >= 0.6 is 11.8 Å². The van der Waals surface area contributed by atoms with Crippen molar-refractivity contribution in [3.63, 3.8) is 0 Å². The SMILES string of the molecule is CSc1nnc(C(C)N)o1. The summed E-state index contributed by atoms with van der Waals surface area (Å²) in [6.45, 7) is 1.80. The Morgan fingerprint density at radius 2 is 2.30 bits per heavy atom. The summed E-state index contributed by atoms with van der Waals surface area (Å²) in [5, 5.41) is 8.01. The Morgan fingerprint density at radius 1 is 1.60 bits per heavy atom. The van der Waals surface area contributed by atoms with Gasteiger partial charge in [0.1, 0.15) is 0 Å². The third-order valence-electron chi connectivity index (χ3n) is 0.986. The molecule has 0 fully saturated rings. The largest absolute Gasteiger partial charge is 0.414 e. The van der Waals surface area contributed by atoms with Gasteiger partial charge in [-0.25, -0.2) is 0 Å². The van der Waals surface area contributed by atoms with Crippen molar-refractivity contribution in [2.75, 3.05) is 6.26 Å². The molecule has 1 heterocycles. The topological polar surface area (TPSA) is 64.9 Å². The molecule has 10 heavy (non-hydrogen) atoms. The molecule has 0 saturated carbocycles. The van der Waals surface area contributed by atoms with Crippen LogP contribution in [-0.4, -0.2) is 16.5 Å². The fourth-order valence-electron chi connectivity index (χ4n) is 0.487. The van der Waals surface area contributed by atoms with Crippen LogP contribution in [0.3, 0.4) is 0 Å². The van der Waals surface area contributed by atoms with Gasteiger partial charge in [0.2, 0.25) is 5.89 Å². The molecular formula is C5H9N3OS. The average molecular weight is 159 g/mol. The molecule has 4 nitrogen and oxygen atoms in total. The fourth-order valence-corrected chi connectivity index (χ4v) is 0.778. The van der Waals surface area contributed by atoms with Crippen molar-refractivity contribution in [1.82, 2.24) is 10.2 Å². The number of rotatable bonds is 2. The molecule has 0 saturated heterocycles. The van der Waals surface area contributed by atoms with Crippen LogP contribution in [0.2, 0.25) is 0 Å². The normalized spacial score (nSPS) is 13.5. The Morgan fingerprint density at radius 3 is 2.60 bits per heavy atom. The molecule has 0 aliphatic carbocycles. The van der Waals surface area contributed by atoms with E-state index < -0.39 is 0 Å². The molecule has 1 aromatic rings. The molecule has 0 radical (unpaired) electrons. The lowest BCUT2D eigenvalue weighted by Crippen LogP contribution is -2.04. The van der Waals surface area contributed by atoms with Crippen molar-refractivity contribution in [2.45, 2.75) is 18.2 Å². The summed E-state index contributed by atoms with van der Waals surface area (Å²) in [5.74, 6) is 0.490. The Balaban J connectivity index is 2.78. The van der Waals surface area contributed by atoms with Crippen molar-refractivity contribution < 1.29 is 4.42 Å². The monoisotopic (exact) mass is 159 g/mol. The lowest BCUT2D eigenvalue weighted by atomic mass is 10.4. The predicted molar refractivity (Wildman–Crippen MR) is 38.7 cm³/mol. The van der Waals surface area contributed by atoms with Gasteiger partial charge in [0.25, 0.3) is 5.22 Å². The van der Waals surface area contributed by atoms with Crippen LogP contribution in [0.1, 0.15) is 18.9 Å². The first-order valence-corrected chi connectivity index (χ1v) is 4.09. The van der Waals surface area contributed by atoms with Crippen molar-refractivity contribution in [2.24, 2.45) is 5.73 Å². The van der Waals surface area contributed by atoms with E-state index in [1.807, 2.05) is 6.26 Å². The molecule has 2 N–H and O–H groups in total. The van der Waals surface area contributed by atoms with E-state index in [1.165, 1.54) is 11.8 Å². The quantitative estimate of drug-likeness (QED) is 0.647. The second-order valence-corrected chi connectivity index (χ2v) is 2.66. The number of thioether (sulfide) groups is 1. The van der Waals surface area contributed by atoms with Gasteiger partial charge in [-0.15, -0.1) is 10.2 Å². The zero-order valence-corrected chi connectivity index (χ0v) is 6.68. The number of hydrogen-bond donors (Lipinski definition) is 1. The van der Waals surface area contributed by atoms with Gasteiger partial charge < -0.3 is 10.2 Å². The minimum absolute atomic E-state index is 0.173. The van der Waals surface area contributed by atoms with E-state index >= 15 is 0 Å². The molecule has 5 heteroatoms.